The minimum Gasteiger partial charge on any atom is -0.489 e. The number of hydrogen-bond donors (Lipinski definition) is 1. The number of carbonyl (C=O) groups is 1. The molecule has 0 saturated carbocycles. The first-order chi connectivity index (χ1) is 14.7. The lowest BCUT2D eigenvalue weighted by molar-refractivity contribution is 0.0955. The highest BCUT2D eigenvalue weighted by Gasteiger charge is 2.05. The van der Waals surface area contributed by atoms with Gasteiger partial charge in [0.25, 0.3) is 5.91 Å². The Hall–Kier alpha value is -3.56. The van der Waals surface area contributed by atoms with Crippen LogP contribution in [-0.4, -0.2) is 18.7 Å². The molecule has 30 heavy (non-hydrogen) atoms. The fraction of sp³-hybridized carbons (Fsp3) is 0.0833. The van der Waals surface area contributed by atoms with E-state index in [4.69, 9.17) is 15.9 Å². The van der Waals surface area contributed by atoms with E-state index in [1.54, 1.807) is 30.3 Å². The molecule has 0 atom stereocenters. The first-order valence-electron chi connectivity index (χ1n) is 9.12. The third kappa shape index (κ3) is 6.23. The molecule has 150 valence electrons. The molecule has 0 fully saturated rings. The van der Waals surface area contributed by atoms with E-state index in [0.29, 0.717) is 29.2 Å². The molecule has 0 bridgehead atoms. The summed E-state index contributed by atoms with van der Waals surface area (Å²) in [5.74, 6) is 3.36. The number of hydrazone groups is 1. The van der Waals surface area contributed by atoms with Gasteiger partial charge in [0.1, 0.15) is 24.7 Å². The van der Waals surface area contributed by atoms with E-state index in [1.165, 1.54) is 6.21 Å². The van der Waals surface area contributed by atoms with E-state index in [1.807, 2.05) is 42.5 Å². The number of halogens is 1. The number of ether oxygens (including phenoxy) is 2. The molecule has 0 unspecified atom stereocenters. The van der Waals surface area contributed by atoms with Crippen molar-refractivity contribution in [3.63, 3.8) is 0 Å². The van der Waals surface area contributed by atoms with Crippen LogP contribution in [0.3, 0.4) is 0 Å². The second kappa shape index (κ2) is 10.8. The van der Waals surface area contributed by atoms with Crippen LogP contribution in [0.4, 0.5) is 0 Å². The van der Waals surface area contributed by atoms with Crippen LogP contribution in [0.25, 0.3) is 0 Å². The molecule has 3 aromatic rings. The summed E-state index contributed by atoms with van der Waals surface area (Å²) in [5, 5.41) is 4.00. The van der Waals surface area contributed by atoms with Crippen molar-refractivity contribution < 1.29 is 14.3 Å². The summed E-state index contributed by atoms with van der Waals surface area (Å²) < 4.78 is 12.2. The Morgan fingerprint density at radius 3 is 2.63 bits per heavy atom. The predicted molar refractivity (Wildman–Crippen MR) is 121 cm³/mol. The smallest absolute Gasteiger partial charge is 0.271 e. The van der Waals surface area contributed by atoms with E-state index in [-0.39, 0.29) is 12.5 Å². The van der Waals surface area contributed by atoms with Crippen molar-refractivity contribution in [1.29, 1.82) is 0 Å². The van der Waals surface area contributed by atoms with Crippen molar-refractivity contribution >= 4 is 28.1 Å². The van der Waals surface area contributed by atoms with E-state index < -0.39 is 0 Å². The number of terminal acetylenes is 1. The van der Waals surface area contributed by atoms with Gasteiger partial charge in [0.2, 0.25) is 0 Å². The van der Waals surface area contributed by atoms with Gasteiger partial charge in [-0.15, -0.1) is 6.42 Å². The van der Waals surface area contributed by atoms with Gasteiger partial charge in [-0.3, -0.25) is 4.79 Å². The van der Waals surface area contributed by atoms with E-state index in [2.05, 4.69) is 32.4 Å². The minimum absolute atomic E-state index is 0.160. The van der Waals surface area contributed by atoms with Gasteiger partial charge in [-0.1, -0.05) is 46.1 Å². The van der Waals surface area contributed by atoms with E-state index >= 15 is 0 Å². The third-order valence-corrected chi connectivity index (χ3v) is 4.50. The lowest BCUT2D eigenvalue weighted by atomic mass is 10.2. The molecule has 6 heteroatoms. The van der Waals surface area contributed by atoms with Crippen LogP contribution in [0, 0.1) is 12.3 Å². The molecule has 0 spiro atoms. The van der Waals surface area contributed by atoms with Crippen LogP contribution in [0.2, 0.25) is 0 Å². The SMILES string of the molecule is C#CCOc1ccccc1/C=N/NC(=O)c1ccc(OCc2cccc(Br)c2)cc1. The monoisotopic (exact) mass is 462 g/mol. The minimum atomic E-state index is -0.327. The zero-order chi connectivity index (χ0) is 21.2. The van der Waals surface area contributed by atoms with Gasteiger partial charge in [0.15, 0.2) is 0 Å². The average Bonchev–Trinajstić information content (AvgIpc) is 2.77. The molecule has 0 aliphatic rings. The number of hydrogen-bond acceptors (Lipinski definition) is 4. The maximum atomic E-state index is 12.3. The van der Waals surface area contributed by atoms with Crippen molar-refractivity contribution in [2.24, 2.45) is 5.10 Å². The lowest BCUT2D eigenvalue weighted by Gasteiger charge is -2.07. The zero-order valence-electron chi connectivity index (χ0n) is 16.0. The standard InChI is InChI=1S/C24H19BrN2O3/c1-2-14-29-23-9-4-3-7-20(23)16-26-27-24(28)19-10-12-22(13-11-19)30-17-18-6-5-8-21(25)15-18/h1,3-13,15-16H,14,17H2,(H,27,28)/b26-16+. The highest BCUT2D eigenvalue weighted by molar-refractivity contribution is 9.10. The van der Waals surface area contributed by atoms with E-state index in [0.717, 1.165) is 10.0 Å². The second-order valence-electron chi connectivity index (χ2n) is 6.17. The molecule has 0 heterocycles. The number of nitrogens with zero attached hydrogens (tertiary/aromatic N) is 1. The lowest BCUT2D eigenvalue weighted by Crippen LogP contribution is -2.17. The molecule has 0 aliphatic carbocycles. The van der Waals surface area contributed by atoms with Crippen molar-refractivity contribution in [2.75, 3.05) is 6.61 Å². The summed E-state index contributed by atoms with van der Waals surface area (Å²) in [6.07, 6.45) is 6.73. The third-order valence-electron chi connectivity index (χ3n) is 4.01. The van der Waals surface area contributed by atoms with Crippen LogP contribution in [0.1, 0.15) is 21.5 Å². The molecule has 3 aromatic carbocycles. The van der Waals surface area contributed by atoms with Crippen LogP contribution < -0.4 is 14.9 Å². The number of benzene rings is 3. The normalized spacial score (nSPS) is 10.4. The molecule has 1 N–H and O–H groups in total. The molecule has 0 saturated heterocycles. The molecule has 3 rings (SSSR count). The summed E-state index contributed by atoms with van der Waals surface area (Å²) in [6, 6.07) is 22.1. The van der Waals surface area contributed by atoms with Crippen LogP contribution in [-0.2, 0) is 6.61 Å². The first-order valence-corrected chi connectivity index (χ1v) is 9.91. The van der Waals surface area contributed by atoms with Gasteiger partial charge in [0.05, 0.1) is 6.21 Å². The summed E-state index contributed by atoms with van der Waals surface area (Å²) in [5.41, 5.74) is 4.73. The maximum absolute atomic E-state index is 12.3. The molecular weight excluding hydrogens is 444 g/mol. The fourth-order valence-electron chi connectivity index (χ4n) is 2.56. The number of carbonyl (C=O) groups excluding carboxylic acids is 1. The molecule has 1 amide bonds. The van der Waals surface area contributed by atoms with Crippen molar-refractivity contribution in [3.05, 3.63) is 94.0 Å². The molecule has 0 aromatic heterocycles. The topological polar surface area (TPSA) is 59.9 Å². The number of nitrogens with one attached hydrogen (secondary N) is 1. The number of rotatable bonds is 8. The van der Waals surface area contributed by atoms with Gasteiger partial charge in [-0.2, -0.15) is 5.10 Å². The Balaban J connectivity index is 1.55. The Labute approximate surface area is 183 Å². The zero-order valence-corrected chi connectivity index (χ0v) is 17.6. The largest absolute Gasteiger partial charge is 0.489 e. The van der Waals surface area contributed by atoms with Crippen LogP contribution in [0.5, 0.6) is 11.5 Å². The Morgan fingerprint density at radius 1 is 1.07 bits per heavy atom. The Morgan fingerprint density at radius 2 is 1.87 bits per heavy atom. The van der Waals surface area contributed by atoms with Gasteiger partial charge in [-0.25, -0.2) is 5.43 Å². The number of para-hydroxylation sites is 1. The van der Waals surface area contributed by atoms with Crippen molar-refractivity contribution in [1.82, 2.24) is 5.43 Å². The highest BCUT2D eigenvalue weighted by atomic mass is 79.9. The summed E-state index contributed by atoms with van der Waals surface area (Å²) >= 11 is 3.44. The fourth-order valence-corrected chi connectivity index (χ4v) is 3.01. The summed E-state index contributed by atoms with van der Waals surface area (Å²) in [6.45, 7) is 0.601. The van der Waals surface area contributed by atoms with Crippen molar-refractivity contribution in [3.8, 4) is 23.8 Å². The molecule has 0 radical (unpaired) electrons. The van der Waals surface area contributed by atoms with Crippen LogP contribution in [0.15, 0.2) is 82.4 Å². The average molecular weight is 463 g/mol. The van der Waals surface area contributed by atoms with Gasteiger partial charge in [-0.05, 0) is 54.1 Å². The predicted octanol–water partition coefficient (Wildman–Crippen LogP) is 4.80. The van der Waals surface area contributed by atoms with Gasteiger partial charge < -0.3 is 9.47 Å². The Bertz CT molecular complexity index is 1070. The van der Waals surface area contributed by atoms with E-state index in [9.17, 15) is 4.79 Å². The quantitative estimate of drug-likeness (QED) is 0.297. The van der Waals surface area contributed by atoms with Crippen LogP contribution >= 0.6 is 15.9 Å². The number of amides is 1. The van der Waals surface area contributed by atoms with Crippen molar-refractivity contribution in [2.45, 2.75) is 6.61 Å². The second-order valence-corrected chi connectivity index (χ2v) is 7.09. The van der Waals surface area contributed by atoms with Gasteiger partial charge >= 0.3 is 0 Å². The Kier molecular flexibility index (Phi) is 7.64. The molecular formula is C24H19BrN2O3. The molecule has 5 nitrogen and oxygen atoms in total. The highest BCUT2D eigenvalue weighted by Crippen LogP contribution is 2.17. The first kappa shape index (κ1) is 21.2. The van der Waals surface area contributed by atoms with Gasteiger partial charge in [0, 0.05) is 15.6 Å². The summed E-state index contributed by atoms with van der Waals surface area (Å²) in [4.78, 5) is 12.3. The maximum Gasteiger partial charge on any atom is 0.271 e. The molecule has 0 aliphatic heterocycles. The summed E-state index contributed by atoms with van der Waals surface area (Å²) in [7, 11) is 0.